The van der Waals surface area contributed by atoms with Crippen molar-refractivity contribution < 1.29 is 4.92 Å². The van der Waals surface area contributed by atoms with Gasteiger partial charge in [-0.15, -0.1) is 0 Å². The number of nitro groups is 1. The van der Waals surface area contributed by atoms with Gasteiger partial charge in [0.1, 0.15) is 0 Å². The first-order chi connectivity index (χ1) is 9.08. The van der Waals surface area contributed by atoms with Crippen molar-refractivity contribution in [2.24, 2.45) is 11.8 Å². The maximum Gasteiger partial charge on any atom is 0.271 e. The van der Waals surface area contributed by atoms with E-state index in [1.165, 1.54) is 25.7 Å². The van der Waals surface area contributed by atoms with E-state index in [0.717, 1.165) is 23.7 Å². The number of nitro benzene ring substituents is 1. The van der Waals surface area contributed by atoms with E-state index in [-0.39, 0.29) is 10.6 Å². The average Bonchev–Trinajstić information content (AvgIpc) is 2.39. The Morgan fingerprint density at radius 1 is 1.37 bits per heavy atom. The Labute approximate surface area is 114 Å². The standard InChI is InChI=1S/C15H22N2O2/c1-11-5-3-4-6-13(11)10-16-15-9-14(17(18)19)8-7-12(15)2/h7-9,11,13,16H,3-6,10H2,1-2H3. The number of rotatable bonds is 4. The fourth-order valence-corrected chi connectivity index (χ4v) is 2.85. The van der Waals surface area contributed by atoms with Crippen LogP contribution in [0.2, 0.25) is 0 Å². The number of aryl methyl sites for hydroxylation is 1. The molecule has 1 N–H and O–H groups in total. The summed E-state index contributed by atoms with van der Waals surface area (Å²) in [6.07, 6.45) is 5.22. The minimum Gasteiger partial charge on any atom is -0.384 e. The van der Waals surface area contributed by atoms with Gasteiger partial charge in [0, 0.05) is 24.4 Å². The van der Waals surface area contributed by atoms with Crippen LogP contribution in [0.4, 0.5) is 11.4 Å². The topological polar surface area (TPSA) is 55.2 Å². The summed E-state index contributed by atoms with van der Waals surface area (Å²) in [5, 5.41) is 14.2. The van der Waals surface area contributed by atoms with Crippen molar-refractivity contribution in [3.63, 3.8) is 0 Å². The monoisotopic (exact) mass is 262 g/mol. The Bertz CT molecular complexity index is 459. The Balaban J connectivity index is 2.02. The van der Waals surface area contributed by atoms with E-state index in [1.54, 1.807) is 12.1 Å². The molecule has 2 atom stereocenters. The molecule has 0 saturated heterocycles. The second kappa shape index (κ2) is 6.04. The highest BCUT2D eigenvalue weighted by atomic mass is 16.6. The lowest BCUT2D eigenvalue weighted by Gasteiger charge is -2.29. The van der Waals surface area contributed by atoms with E-state index in [1.807, 2.05) is 13.0 Å². The Morgan fingerprint density at radius 2 is 2.11 bits per heavy atom. The summed E-state index contributed by atoms with van der Waals surface area (Å²) in [4.78, 5) is 10.5. The average molecular weight is 262 g/mol. The molecule has 4 heteroatoms. The molecule has 1 aliphatic rings. The lowest BCUT2D eigenvalue weighted by atomic mass is 9.80. The number of nitrogens with zero attached hydrogens (tertiary/aromatic N) is 1. The van der Waals surface area contributed by atoms with Gasteiger partial charge >= 0.3 is 0 Å². The van der Waals surface area contributed by atoms with E-state index in [0.29, 0.717) is 5.92 Å². The van der Waals surface area contributed by atoms with Crippen molar-refractivity contribution in [1.29, 1.82) is 0 Å². The number of anilines is 1. The summed E-state index contributed by atoms with van der Waals surface area (Å²) in [5.41, 5.74) is 2.12. The molecule has 2 unspecified atom stereocenters. The number of hydrogen-bond acceptors (Lipinski definition) is 3. The molecule has 1 fully saturated rings. The fourth-order valence-electron chi connectivity index (χ4n) is 2.85. The Morgan fingerprint density at radius 3 is 2.79 bits per heavy atom. The van der Waals surface area contributed by atoms with Gasteiger partial charge in [-0.25, -0.2) is 0 Å². The molecule has 0 aromatic heterocycles. The van der Waals surface area contributed by atoms with Crippen LogP contribution >= 0.6 is 0 Å². The van der Waals surface area contributed by atoms with Crippen LogP contribution in [0.5, 0.6) is 0 Å². The first kappa shape index (κ1) is 13.8. The second-order valence-electron chi connectivity index (χ2n) is 5.66. The summed E-state index contributed by atoms with van der Waals surface area (Å²) >= 11 is 0. The van der Waals surface area contributed by atoms with Crippen LogP contribution in [0, 0.1) is 28.9 Å². The predicted octanol–water partition coefficient (Wildman–Crippen LogP) is 4.14. The lowest BCUT2D eigenvalue weighted by molar-refractivity contribution is -0.384. The molecule has 1 saturated carbocycles. The SMILES string of the molecule is Cc1ccc([N+](=O)[O-])cc1NCC1CCCCC1C. The maximum absolute atomic E-state index is 10.8. The lowest BCUT2D eigenvalue weighted by Crippen LogP contribution is -2.24. The Hall–Kier alpha value is -1.58. The van der Waals surface area contributed by atoms with E-state index < -0.39 is 0 Å². The third-order valence-corrected chi connectivity index (χ3v) is 4.28. The molecule has 1 aromatic rings. The van der Waals surface area contributed by atoms with Gasteiger partial charge in [0.15, 0.2) is 0 Å². The van der Waals surface area contributed by atoms with Crippen LogP contribution in [0.15, 0.2) is 18.2 Å². The second-order valence-corrected chi connectivity index (χ2v) is 5.66. The van der Waals surface area contributed by atoms with Gasteiger partial charge in [0.05, 0.1) is 4.92 Å². The van der Waals surface area contributed by atoms with E-state index in [9.17, 15) is 10.1 Å². The summed E-state index contributed by atoms with van der Waals surface area (Å²) in [6, 6.07) is 5.01. The van der Waals surface area contributed by atoms with Gasteiger partial charge in [-0.3, -0.25) is 10.1 Å². The number of hydrogen-bond donors (Lipinski definition) is 1. The molecule has 0 heterocycles. The normalized spacial score (nSPS) is 23.1. The van der Waals surface area contributed by atoms with Crippen LogP contribution in [0.3, 0.4) is 0 Å². The number of non-ortho nitro benzene ring substituents is 1. The van der Waals surface area contributed by atoms with Gasteiger partial charge in [-0.05, 0) is 30.7 Å². The van der Waals surface area contributed by atoms with Crippen molar-refractivity contribution in [3.05, 3.63) is 33.9 Å². The van der Waals surface area contributed by atoms with Crippen LogP contribution in [0.25, 0.3) is 0 Å². The Kier molecular flexibility index (Phi) is 4.40. The summed E-state index contributed by atoms with van der Waals surface area (Å²) in [6.45, 7) is 5.21. The summed E-state index contributed by atoms with van der Waals surface area (Å²) in [7, 11) is 0. The highest BCUT2D eigenvalue weighted by molar-refractivity contribution is 5.56. The molecule has 104 valence electrons. The molecule has 4 nitrogen and oxygen atoms in total. The molecule has 2 rings (SSSR count). The smallest absolute Gasteiger partial charge is 0.271 e. The maximum atomic E-state index is 10.8. The largest absolute Gasteiger partial charge is 0.384 e. The third-order valence-electron chi connectivity index (χ3n) is 4.28. The molecular formula is C15H22N2O2. The third kappa shape index (κ3) is 3.46. The zero-order chi connectivity index (χ0) is 13.8. The van der Waals surface area contributed by atoms with Crippen LogP contribution in [-0.2, 0) is 0 Å². The molecular weight excluding hydrogens is 240 g/mol. The van der Waals surface area contributed by atoms with Crippen molar-refractivity contribution in [1.82, 2.24) is 0 Å². The highest BCUT2D eigenvalue weighted by Gasteiger charge is 2.21. The van der Waals surface area contributed by atoms with Crippen LogP contribution in [-0.4, -0.2) is 11.5 Å². The minimum atomic E-state index is -0.339. The van der Waals surface area contributed by atoms with Gasteiger partial charge in [-0.1, -0.05) is 32.3 Å². The van der Waals surface area contributed by atoms with Crippen molar-refractivity contribution in [2.45, 2.75) is 39.5 Å². The quantitative estimate of drug-likeness (QED) is 0.655. The number of benzene rings is 1. The molecule has 1 aliphatic carbocycles. The van der Waals surface area contributed by atoms with Crippen molar-refractivity contribution >= 4 is 11.4 Å². The molecule has 19 heavy (non-hydrogen) atoms. The first-order valence-electron chi connectivity index (χ1n) is 7.07. The molecule has 0 radical (unpaired) electrons. The number of nitrogens with one attached hydrogen (secondary N) is 1. The van der Waals surface area contributed by atoms with Crippen molar-refractivity contribution in [2.75, 3.05) is 11.9 Å². The van der Waals surface area contributed by atoms with E-state index >= 15 is 0 Å². The highest BCUT2D eigenvalue weighted by Crippen LogP contribution is 2.30. The van der Waals surface area contributed by atoms with E-state index in [4.69, 9.17) is 0 Å². The molecule has 0 bridgehead atoms. The first-order valence-corrected chi connectivity index (χ1v) is 7.07. The molecule has 0 amide bonds. The predicted molar refractivity (Wildman–Crippen MR) is 77.4 cm³/mol. The minimum absolute atomic E-state index is 0.157. The zero-order valence-corrected chi connectivity index (χ0v) is 11.7. The molecule has 0 aliphatic heterocycles. The zero-order valence-electron chi connectivity index (χ0n) is 11.7. The summed E-state index contributed by atoms with van der Waals surface area (Å²) in [5.74, 6) is 1.44. The van der Waals surface area contributed by atoms with Gasteiger partial charge in [-0.2, -0.15) is 0 Å². The van der Waals surface area contributed by atoms with E-state index in [2.05, 4.69) is 12.2 Å². The van der Waals surface area contributed by atoms with Gasteiger partial charge in [0.2, 0.25) is 0 Å². The summed E-state index contributed by atoms with van der Waals surface area (Å²) < 4.78 is 0. The van der Waals surface area contributed by atoms with Crippen LogP contribution in [0.1, 0.15) is 38.2 Å². The molecule has 1 aromatic carbocycles. The van der Waals surface area contributed by atoms with Crippen molar-refractivity contribution in [3.8, 4) is 0 Å². The molecule has 0 spiro atoms. The van der Waals surface area contributed by atoms with Crippen LogP contribution < -0.4 is 5.32 Å². The van der Waals surface area contributed by atoms with Gasteiger partial charge < -0.3 is 5.32 Å². The fraction of sp³-hybridized carbons (Fsp3) is 0.600. The van der Waals surface area contributed by atoms with Gasteiger partial charge in [0.25, 0.3) is 5.69 Å².